The van der Waals surface area contributed by atoms with E-state index in [0.29, 0.717) is 19.5 Å². The second kappa shape index (κ2) is 21.6. The second-order valence-corrected chi connectivity index (χ2v) is 16.1. The lowest BCUT2D eigenvalue weighted by molar-refractivity contribution is -0.148. The van der Waals surface area contributed by atoms with Gasteiger partial charge in [-0.05, 0) is 68.8 Å². The van der Waals surface area contributed by atoms with Crippen molar-refractivity contribution in [1.82, 2.24) is 25.3 Å². The van der Waals surface area contributed by atoms with Crippen LogP contribution in [0.5, 0.6) is 0 Å². The Morgan fingerprint density at radius 3 is 2.00 bits per heavy atom. The molecule has 1 fully saturated rings. The Bertz CT molecular complexity index is 1300. The molecule has 0 aliphatic carbocycles. The van der Waals surface area contributed by atoms with E-state index in [1.807, 2.05) is 72.6 Å². The molecule has 302 valence electrons. The van der Waals surface area contributed by atoms with Crippen molar-refractivity contribution in [3.63, 3.8) is 0 Å². The van der Waals surface area contributed by atoms with Crippen molar-refractivity contribution in [2.45, 2.75) is 117 Å². The Morgan fingerprint density at radius 1 is 0.887 bits per heavy atom. The minimum atomic E-state index is -0.741. The smallest absolute Gasteiger partial charge is 0.245 e. The molecule has 8 atom stereocenters. The van der Waals surface area contributed by atoms with Gasteiger partial charge in [-0.3, -0.25) is 24.1 Å². The van der Waals surface area contributed by atoms with Crippen LogP contribution in [0.2, 0.25) is 0 Å². The van der Waals surface area contributed by atoms with Gasteiger partial charge >= 0.3 is 0 Å². The largest absolute Gasteiger partial charge is 0.379 e. The average molecular weight is 745 g/mol. The van der Waals surface area contributed by atoms with Crippen molar-refractivity contribution in [3.8, 4) is 0 Å². The van der Waals surface area contributed by atoms with Crippen LogP contribution in [-0.4, -0.2) is 137 Å². The number of amides is 4. The van der Waals surface area contributed by atoms with E-state index in [1.54, 1.807) is 26.2 Å². The Kier molecular flexibility index (Phi) is 18.7. The minimum Gasteiger partial charge on any atom is -0.379 e. The maximum atomic E-state index is 14.2. The third kappa shape index (κ3) is 12.4. The van der Waals surface area contributed by atoms with Crippen molar-refractivity contribution in [2.75, 3.05) is 67.4 Å². The molecule has 53 heavy (non-hydrogen) atoms. The van der Waals surface area contributed by atoms with Gasteiger partial charge in [0, 0.05) is 54.1 Å². The van der Waals surface area contributed by atoms with Gasteiger partial charge in [0.15, 0.2) is 0 Å². The number of nitrogens with one attached hydrogen (secondary N) is 2. The molecule has 2 rings (SSSR count). The zero-order valence-corrected chi connectivity index (χ0v) is 35.3. The molecule has 0 spiro atoms. The van der Waals surface area contributed by atoms with E-state index in [1.165, 1.54) is 0 Å². The number of nitrogens with zero attached hydrogens (tertiary/aromatic N) is 4. The number of hydrogen-bond donors (Lipinski definition) is 2. The lowest BCUT2D eigenvalue weighted by Gasteiger charge is -2.41. The fourth-order valence-electron chi connectivity index (χ4n) is 7.86. The van der Waals surface area contributed by atoms with Gasteiger partial charge in [0.05, 0.1) is 42.7 Å². The van der Waals surface area contributed by atoms with Crippen LogP contribution in [0.4, 0.5) is 5.69 Å². The summed E-state index contributed by atoms with van der Waals surface area (Å²) in [5.41, 5.74) is 2.27. The third-order valence-electron chi connectivity index (χ3n) is 11.1. The number of likely N-dealkylation sites (tertiary alicyclic amines) is 1. The Morgan fingerprint density at radius 2 is 1.51 bits per heavy atom. The first-order valence-corrected chi connectivity index (χ1v) is 19.5. The van der Waals surface area contributed by atoms with Crippen molar-refractivity contribution in [2.24, 2.45) is 23.7 Å². The second-order valence-electron chi connectivity index (χ2n) is 16.1. The summed E-state index contributed by atoms with van der Waals surface area (Å²) in [6, 6.07) is 6.48. The van der Waals surface area contributed by atoms with Crippen LogP contribution in [0.25, 0.3) is 0 Å². The van der Waals surface area contributed by atoms with Gasteiger partial charge in [-0.15, -0.1) is 0 Å². The van der Waals surface area contributed by atoms with Crippen LogP contribution >= 0.6 is 0 Å². The van der Waals surface area contributed by atoms with E-state index in [-0.39, 0.29) is 59.9 Å². The number of methoxy groups -OCH3 is 2. The van der Waals surface area contributed by atoms with Crippen molar-refractivity contribution in [3.05, 3.63) is 29.8 Å². The Labute approximate surface area is 320 Å². The third-order valence-corrected chi connectivity index (χ3v) is 11.1. The summed E-state index contributed by atoms with van der Waals surface area (Å²) < 4.78 is 12.0. The summed E-state index contributed by atoms with van der Waals surface area (Å²) in [6.45, 7) is 14.9. The number of likely N-dealkylation sites (N-methyl/N-ethyl adjacent to an activating group) is 2. The molecule has 0 radical (unpaired) electrons. The van der Waals surface area contributed by atoms with Gasteiger partial charge in [0.25, 0.3) is 0 Å². The molecule has 12 heteroatoms. The molecule has 12 nitrogen and oxygen atoms in total. The zero-order valence-electron chi connectivity index (χ0n) is 35.3. The molecule has 0 unspecified atom stereocenters. The summed E-state index contributed by atoms with van der Waals surface area (Å²) in [7, 11) is 12.7. The van der Waals surface area contributed by atoms with E-state index >= 15 is 0 Å². The number of anilines is 1. The fraction of sp³-hybridized carbons (Fsp3) is 0.756. The predicted octanol–water partition coefficient (Wildman–Crippen LogP) is 4.06. The molecular weight excluding hydrogens is 672 g/mol. The number of ether oxygens (including phenoxy) is 2. The van der Waals surface area contributed by atoms with Gasteiger partial charge in [-0.2, -0.15) is 0 Å². The number of rotatable bonds is 21. The molecule has 0 saturated carbocycles. The highest BCUT2D eigenvalue weighted by Gasteiger charge is 2.43. The highest BCUT2D eigenvalue weighted by atomic mass is 16.5. The summed E-state index contributed by atoms with van der Waals surface area (Å²) in [4.78, 5) is 62.6. The molecule has 1 aromatic rings. The van der Waals surface area contributed by atoms with E-state index in [4.69, 9.17) is 9.47 Å². The first-order chi connectivity index (χ1) is 24.9. The van der Waals surface area contributed by atoms with Crippen LogP contribution < -0.4 is 15.5 Å². The lowest BCUT2D eigenvalue weighted by Crippen LogP contribution is -2.59. The molecule has 0 bridgehead atoms. The molecule has 1 aliphatic rings. The first kappa shape index (κ1) is 45.9. The van der Waals surface area contributed by atoms with Gasteiger partial charge in [-0.25, -0.2) is 0 Å². The van der Waals surface area contributed by atoms with E-state index in [2.05, 4.69) is 53.6 Å². The Balaban J connectivity index is 2.19. The topological polar surface area (TPSA) is 124 Å². The highest BCUT2D eigenvalue weighted by Crippen LogP contribution is 2.29. The average Bonchev–Trinajstić information content (AvgIpc) is 3.59. The van der Waals surface area contributed by atoms with Crippen LogP contribution in [-0.2, 0) is 35.1 Å². The zero-order chi connectivity index (χ0) is 40.2. The van der Waals surface area contributed by atoms with Crippen LogP contribution in [0, 0.1) is 23.7 Å². The number of benzene rings is 1. The van der Waals surface area contributed by atoms with E-state index < -0.39 is 30.2 Å². The lowest BCUT2D eigenvalue weighted by atomic mass is 9.89. The summed E-state index contributed by atoms with van der Waals surface area (Å²) in [6.07, 6.45) is 2.00. The number of carbonyl (C=O) groups is 4. The molecule has 2 N–H and O–H groups in total. The maximum absolute atomic E-state index is 14.2. The van der Waals surface area contributed by atoms with Crippen LogP contribution in [0.15, 0.2) is 24.3 Å². The molecular formula is C41H72N6O6. The first-order valence-electron chi connectivity index (χ1n) is 19.5. The normalized spacial score (nSPS) is 18.7. The van der Waals surface area contributed by atoms with Crippen LogP contribution in [0.3, 0.4) is 0 Å². The van der Waals surface area contributed by atoms with Gasteiger partial charge in [0.2, 0.25) is 23.6 Å². The molecule has 1 aliphatic heterocycles. The van der Waals surface area contributed by atoms with Crippen molar-refractivity contribution < 1.29 is 28.7 Å². The minimum absolute atomic E-state index is 0.00568. The van der Waals surface area contributed by atoms with Gasteiger partial charge < -0.3 is 34.8 Å². The summed E-state index contributed by atoms with van der Waals surface area (Å²) in [5.74, 6) is -1.17. The van der Waals surface area contributed by atoms with Gasteiger partial charge in [0.1, 0.15) is 6.04 Å². The molecule has 0 aromatic heterocycles. The fourth-order valence-corrected chi connectivity index (χ4v) is 7.86. The van der Waals surface area contributed by atoms with E-state index in [9.17, 15) is 19.2 Å². The molecule has 4 amide bonds. The standard InChI is InChI=1S/C41H72N6O6/c1-15-28(6)37(46(12)41(51)35(26(2)3)43-40(50)36(27(4)5)45(10)11)33(52-13)25-34(48)47-24-16-17-32(47)38(53-14)29(7)39(49)42-23-22-30-18-20-31(21-19-30)44(8)9/h18-21,26-29,32-33,35-38H,15-17,22-25H2,1-14H3,(H,42,49)(H,43,50)/t28-,29+,32-,33+,35-,36-,37-,38+/m0/s1. The van der Waals surface area contributed by atoms with E-state index in [0.717, 1.165) is 30.5 Å². The number of carbonyl (C=O) groups excluding carboxylic acids is 4. The SMILES string of the molecule is CC[C@H](C)[C@@H]([C@@H](CC(=O)N1CCC[C@H]1[C@H](OC)[C@@H](C)C(=O)NCCc1ccc(N(C)C)cc1)OC)N(C)C(=O)[C@@H](NC(=O)[C@H](C(C)C)N(C)C)C(C)C. The Hall–Kier alpha value is -3.22. The van der Waals surface area contributed by atoms with Crippen LogP contribution in [0.1, 0.15) is 79.7 Å². The predicted molar refractivity (Wildman–Crippen MR) is 213 cm³/mol. The quantitative estimate of drug-likeness (QED) is 0.193. The summed E-state index contributed by atoms with van der Waals surface area (Å²) >= 11 is 0. The molecule has 1 heterocycles. The maximum Gasteiger partial charge on any atom is 0.245 e. The monoisotopic (exact) mass is 745 g/mol. The molecule has 1 saturated heterocycles. The van der Waals surface area contributed by atoms with Crippen molar-refractivity contribution >= 4 is 29.3 Å². The van der Waals surface area contributed by atoms with Gasteiger partial charge in [-0.1, -0.05) is 67.0 Å². The molecule has 1 aromatic carbocycles. The van der Waals surface area contributed by atoms with Crippen molar-refractivity contribution in [1.29, 1.82) is 0 Å². The highest BCUT2D eigenvalue weighted by molar-refractivity contribution is 5.90. The number of hydrogen-bond acceptors (Lipinski definition) is 8. The summed E-state index contributed by atoms with van der Waals surface area (Å²) in [5, 5.41) is 6.12.